The van der Waals surface area contributed by atoms with Crippen LogP contribution in [-0.2, 0) is 19.4 Å². The molecule has 0 saturated heterocycles. The van der Waals surface area contributed by atoms with Crippen molar-refractivity contribution >= 4 is 21.6 Å². The van der Waals surface area contributed by atoms with Crippen molar-refractivity contribution in [2.45, 2.75) is 17.7 Å². The molecule has 0 radical (unpaired) electrons. The van der Waals surface area contributed by atoms with Crippen molar-refractivity contribution in [3.8, 4) is 0 Å². The summed E-state index contributed by atoms with van der Waals surface area (Å²) in [5.74, 6) is -1.35. The molecule has 1 aromatic rings. The van der Waals surface area contributed by atoms with E-state index in [-0.39, 0.29) is 16.6 Å². The standard InChI is InChI=1S/C13H14O5S/c1-18-12(14)8-19(16,17)11-6-4-10(5-7-11)13(15)9-2-3-9/h4-7,9H,2-3,8H2,1H3. The molecule has 1 saturated carbocycles. The van der Waals surface area contributed by atoms with Gasteiger partial charge in [-0.15, -0.1) is 0 Å². The van der Waals surface area contributed by atoms with Gasteiger partial charge in [-0.1, -0.05) is 12.1 Å². The van der Waals surface area contributed by atoms with E-state index in [0.29, 0.717) is 5.56 Å². The van der Waals surface area contributed by atoms with Crippen molar-refractivity contribution in [1.29, 1.82) is 0 Å². The highest BCUT2D eigenvalue weighted by Crippen LogP contribution is 2.32. The van der Waals surface area contributed by atoms with Crippen LogP contribution in [0.15, 0.2) is 29.2 Å². The highest BCUT2D eigenvalue weighted by Gasteiger charge is 2.30. The number of hydrogen-bond acceptors (Lipinski definition) is 5. The average Bonchev–Trinajstić information content (AvgIpc) is 3.21. The number of esters is 1. The topological polar surface area (TPSA) is 77.5 Å². The largest absolute Gasteiger partial charge is 0.468 e. The summed E-state index contributed by atoms with van der Waals surface area (Å²) in [6, 6.07) is 5.69. The first-order valence-electron chi connectivity index (χ1n) is 5.88. The summed E-state index contributed by atoms with van der Waals surface area (Å²) < 4.78 is 28.0. The predicted octanol–water partition coefficient (Wildman–Crippen LogP) is 1.23. The van der Waals surface area contributed by atoms with E-state index in [4.69, 9.17) is 0 Å². The number of carbonyl (C=O) groups is 2. The zero-order chi connectivity index (χ0) is 14.0. The summed E-state index contributed by atoms with van der Waals surface area (Å²) >= 11 is 0. The predicted molar refractivity (Wildman–Crippen MR) is 67.6 cm³/mol. The van der Waals surface area contributed by atoms with Gasteiger partial charge in [-0.2, -0.15) is 0 Å². The monoisotopic (exact) mass is 282 g/mol. The SMILES string of the molecule is COC(=O)CS(=O)(=O)c1ccc(C(=O)C2CC2)cc1. The Balaban J connectivity index is 2.17. The summed E-state index contributed by atoms with van der Waals surface area (Å²) in [6.07, 6.45) is 1.81. The highest BCUT2D eigenvalue weighted by molar-refractivity contribution is 7.92. The molecule has 0 unspecified atom stereocenters. The maximum Gasteiger partial charge on any atom is 0.321 e. The van der Waals surface area contributed by atoms with Gasteiger partial charge in [-0.25, -0.2) is 8.42 Å². The van der Waals surface area contributed by atoms with E-state index in [2.05, 4.69) is 4.74 Å². The summed E-state index contributed by atoms with van der Waals surface area (Å²) in [6.45, 7) is 0. The lowest BCUT2D eigenvalue weighted by molar-refractivity contribution is -0.137. The van der Waals surface area contributed by atoms with E-state index in [1.807, 2.05) is 0 Å². The number of methoxy groups -OCH3 is 1. The lowest BCUT2D eigenvalue weighted by atomic mass is 10.1. The van der Waals surface area contributed by atoms with Crippen LogP contribution >= 0.6 is 0 Å². The molecule has 0 amide bonds. The Morgan fingerprint density at radius 3 is 2.26 bits per heavy atom. The van der Waals surface area contributed by atoms with Crippen molar-refractivity contribution in [3.05, 3.63) is 29.8 Å². The number of rotatable bonds is 5. The minimum atomic E-state index is -3.70. The van der Waals surface area contributed by atoms with Crippen LogP contribution in [0.1, 0.15) is 23.2 Å². The minimum absolute atomic E-state index is 0.0187. The maximum absolute atomic E-state index is 11.8. The van der Waals surface area contributed by atoms with Crippen LogP contribution in [0, 0.1) is 5.92 Å². The fourth-order valence-electron chi connectivity index (χ4n) is 1.71. The molecule has 1 aliphatic carbocycles. The molecule has 1 aromatic carbocycles. The first-order chi connectivity index (χ1) is 8.94. The number of Topliss-reactive ketones (excluding diaryl/α,β-unsaturated/α-hetero) is 1. The van der Waals surface area contributed by atoms with Gasteiger partial charge in [-0.3, -0.25) is 9.59 Å². The Bertz CT molecular complexity index is 596. The Labute approximate surface area is 111 Å². The molecule has 0 bridgehead atoms. The lowest BCUT2D eigenvalue weighted by Crippen LogP contribution is -2.17. The van der Waals surface area contributed by atoms with Crippen LogP contribution in [0.3, 0.4) is 0 Å². The van der Waals surface area contributed by atoms with Gasteiger partial charge in [0.25, 0.3) is 0 Å². The van der Waals surface area contributed by atoms with Crippen LogP contribution in [0.5, 0.6) is 0 Å². The quantitative estimate of drug-likeness (QED) is 0.599. The molecule has 102 valence electrons. The van der Waals surface area contributed by atoms with Gasteiger partial charge in [0.2, 0.25) is 0 Å². The Kier molecular flexibility index (Phi) is 3.71. The molecule has 0 spiro atoms. The normalized spacial score (nSPS) is 15.0. The number of ketones is 1. The second-order valence-electron chi connectivity index (χ2n) is 4.50. The molecule has 0 aromatic heterocycles. The third-order valence-electron chi connectivity index (χ3n) is 2.98. The van der Waals surface area contributed by atoms with Crippen LogP contribution in [0.25, 0.3) is 0 Å². The number of benzene rings is 1. The number of hydrogen-bond donors (Lipinski definition) is 0. The van der Waals surface area contributed by atoms with Gasteiger partial charge < -0.3 is 4.74 Å². The van der Waals surface area contributed by atoms with Gasteiger partial charge in [0.05, 0.1) is 12.0 Å². The van der Waals surface area contributed by atoms with Gasteiger partial charge in [0, 0.05) is 11.5 Å². The second kappa shape index (κ2) is 5.13. The Morgan fingerprint density at radius 2 is 1.79 bits per heavy atom. The van der Waals surface area contributed by atoms with E-state index in [1.54, 1.807) is 0 Å². The van der Waals surface area contributed by atoms with Gasteiger partial charge in [0.1, 0.15) is 0 Å². The second-order valence-corrected chi connectivity index (χ2v) is 6.49. The molecule has 1 fully saturated rings. The number of sulfone groups is 1. The molecule has 2 rings (SSSR count). The van der Waals surface area contributed by atoms with Crippen LogP contribution in [0.4, 0.5) is 0 Å². The first kappa shape index (κ1) is 13.7. The van der Waals surface area contributed by atoms with Gasteiger partial charge in [-0.05, 0) is 25.0 Å². The third-order valence-corrected chi connectivity index (χ3v) is 4.59. The molecule has 19 heavy (non-hydrogen) atoms. The van der Waals surface area contributed by atoms with Crippen molar-refractivity contribution in [3.63, 3.8) is 0 Å². The van der Waals surface area contributed by atoms with Crippen LogP contribution in [-0.4, -0.2) is 33.0 Å². The van der Waals surface area contributed by atoms with E-state index < -0.39 is 21.6 Å². The fraction of sp³-hybridized carbons (Fsp3) is 0.385. The summed E-state index contributed by atoms with van der Waals surface area (Å²) in [5.41, 5.74) is 0.513. The maximum atomic E-state index is 11.8. The van der Waals surface area contributed by atoms with E-state index in [9.17, 15) is 18.0 Å². The molecule has 5 nitrogen and oxygen atoms in total. The average molecular weight is 282 g/mol. The molecule has 1 aliphatic rings. The highest BCUT2D eigenvalue weighted by atomic mass is 32.2. The third kappa shape index (κ3) is 3.20. The summed E-state index contributed by atoms with van der Waals surface area (Å²) in [5, 5.41) is 0. The molecule has 0 atom stereocenters. The molecule has 0 heterocycles. The van der Waals surface area contributed by atoms with Crippen molar-refractivity contribution in [2.75, 3.05) is 12.9 Å². The first-order valence-corrected chi connectivity index (χ1v) is 7.53. The van der Waals surface area contributed by atoms with Crippen LogP contribution < -0.4 is 0 Å². The van der Waals surface area contributed by atoms with Gasteiger partial charge >= 0.3 is 5.97 Å². The smallest absolute Gasteiger partial charge is 0.321 e. The molecule has 6 heteroatoms. The van der Waals surface area contributed by atoms with Crippen molar-refractivity contribution in [2.24, 2.45) is 5.92 Å². The van der Waals surface area contributed by atoms with Gasteiger partial charge in [0.15, 0.2) is 21.4 Å². The number of carbonyl (C=O) groups excluding carboxylic acids is 2. The molecular formula is C13H14O5S. The molecule has 0 aliphatic heterocycles. The zero-order valence-electron chi connectivity index (χ0n) is 10.5. The van der Waals surface area contributed by atoms with Crippen molar-refractivity contribution in [1.82, 2.24) is 0 Å². The molecule has 0 N–H and O–H groups in total. The lowest BCUT2D eigenvalue weighted by Gasteiger charge is -2.04. The summed E-state index contributed by atoms with van der Waals surface area (Å²) in [4.78, 5) is 22.8. The number of ether oxygens (including phenoxy) is 1. The minimum Gasteiger partial charge on any atom is -0.468 e. The van der Waals surface area contributed by atoms with E-state index >= 15 is 0 Å². The fourth-order valence-corrected chi connectivity index (χ4v) is 2.85. The Morgan fingerprint density at radius 1 is 1.21 bits per heavy atom. The van der Waals surface area contributed by atoms with E-state index in [1.165, 1.54) is 24.3 Å². The molecular weight excluding hydrogens is 268 g/mol. The van der Waals surface area contributed by atoms with E-state index in [0.717, 1.165) is 20.0 Å². The summed E-state index contributed by atoms with van der Waals surface area (Å²) in [7, 11) is -2.57. The Hall–Kier alpha value is -1.69. The van der Waals surface area contributed by atoms with Crippen LogP contribution in [0.2, 0.25) is 0 Å². The van der Waals surface area contributed by atoms with Crippen molar-refractivity contribution < 1.29 is 22.7 Å². The zero-order valence-corrected chi connectivity index (χ0v) is 11.3.